The van der Waals surface area contributed by atoms with E-state index in [2.05, 4.69) is 24.3 Å². The lowest BCUT2D eigenvalue weighted by Crippen LogP contribution is -2.47. The third-order valence-corrected chi connectivity index (χ3v) is 6.88. The molecule has 4 rings (SSSR count). The van der Waals surface area contributed by atoms with E-state index in [0.717, 1.165) is 4.90 Å². The highest BCUT2D eigenvalue weighted by atomic mass is 16.5. The lowest BCUT2D eigenvalue weighted by Gasteiger charge is -2.31. The van der Waals surface area contributed by atoms with E-state index < -0.39 is 24.0 Å². The number of nitrogens with zero attached hydrogens (tertiary/aromatic N) is 1. The van der Waals surface area contributed by atoms with Crippen molar-refractivity contribution in [3.63, 3.8) is 0 Å². The number of hydrogen-bond acceptors (Lipinski definition) is 4. The van der Waals surface area contributed by atoms with Gasteiger partial charge in [-0.2, -0.15) is 0 Å². The zero-order valence-electron chi connectivity index (χ0n) is 19.7. The van der Waals surface area contributed by atoms with Gasteiger partial charge in [0, 0.05) is 17.5 Å². The molecule has 1 unspecified atom stereocenters. The van der Waals surface area contributed by atoms with Crippen LogP contribution in [0.4, 0.5) is 4.79 Å². The molecule has 3 N–H and O–H groups in total. The van der Waals surface area contributed by atoms with Gasteiger partial charge in [0.25, 0.3) is 0 Å². The number of methoxy groups -OCH3 is 1. The zero-order valence-corrected chi connectivity index (χ0v) is 19.7. The van der Waals surface area contributed by atoms with Gasteiger partial charge < -0.3 is 20.1 Å². The van der Waals surface area contributed by atoms with Crippen LogP contribution in [-0.4, -0.2) is 45.4 Å². The van der Waals surface area contributed by atoms with Crippen molar-refractivity contribution in [2.75, 3.05) is 7.11 Å². The molecule has 0 heterocycles. The standard InChI is InChI=1S/C28H29NO6/c1-17(11-14-24-22-9-5-3-7-20(22)21-8-4-6-10-23(21)24)26(27(31)32)29(28(33)34)16-18-12-13-19(35-2)15-25(18)30/h3-10,12-13,15,17,24,26,30H,11,14,16H2,1-2H3,(H,31,32)(H,33,34)/t17?,26-/m0/s1. The Kier molecular flexibility index (Phi) is 6.96. The second-order valence-electron chi connectivity index (χ2n) is 8.97. The van der Waals surface area contributed by atoms with Crippen LogP contribution in [0.5, 0.6) is 11.5 Å². The third kappa shape index (κ3) is 4.80. The van der Waals surface area contributed by atoms with E-state index in [1.807, 2.05) is 24.3 Å². The Morgan fingerprint density at radius 3 is 2.09 bits per heavy atom. The number of ether oxygens (including phenoxy) is 1. The number of benzene rings is 3. The largest absolute Gasteiger partial charge is 0.507 e. The van der Waals surface area contributed by atoms with E-state index in [1.54, 1.807) is 19.1 Å². The van der Waals surface area contributed by atoms with Crippen molar-refractivity contribution in [2.24, 2.45) is 5.92 Å². The first kappa shape index (κ1) is 24.1. The van der Waals surface area contributed by atoms with Crippen LogP contribution in [0.25, 0.3) is 11.1 Å². The maximum atomic E-state index is 12.3. The fourth-order valence-electron chi connectivity index (χ4n) is 5.11. The van der Waals surface area contributed by atoms with Crippen LogP contribution in [0, 0.1) is 5.92 Å². The van der Waals surface area contributed by atoms with Gasteiger partial charge in [-0.15, -0.1) is 0 Å². The van der Waals surface area contributed by atoms with Gasteiger partial charge in [0.05, 0.1) is 13.7 Å². The van der Waals surface area contributed by atoms with E-state index in [4.69, 9.17) is 4.74 Å². The molecule has 0 saturated heterocycles. The SMILES string of the molecule is COc1ccc(CN(C(=O)O)[C@H](C(=O)O)C(C)CCC2c3ccccc3-c3ccccc32)c(O)c1. The second kappa shape index (κ2) is 10.1. The molecule has 2 atom stereocenters. The molecule has 0 radical (unpaired) electrons. The minimum atomic E-state index is -1.35. The average Bonchev–Trinajstić information content (AvgIpc) is 3.16. The zero-order chi connectivity index (χ0) is 25.1. The number of amides is 1. The molecule has 182 valence electrons. The number of hydrogen-bond donors (Lipinski definition) is 3. The lowest BCUT2D eigenvalue weighted by atomic mass is 9.86. The smallest absolute Gasteiger partial charge is 0.408 e. The van der Waals surface area contributed by atoms with Gasteiger partial charge in [0.2, 0.25) is 0 Å². The molecule has 0 saturated carbocycles. The Hall–Kier alpha value is -4.00. The first-order valence-electron chi connectivity index (χ1n) is 11.6. The van der Waals surface area contributed by atoms with Crippen molar-refractivity contribution in [1.82, 2.24) is 4.90 Å². The number of phenolic OH excluding ortho intramolecular Hbond substituents is 1. The maximum absolute atomic E-state index is 12.3. The molecule has 0 aliphatic heterocycles. The highest BCUT2D eigenvalue weighted by Crippen LogP contribution is 2.47. The number of aliphatic carboxylic acids is 1. The van der Waals surface area contributed by atoms with Crippen LogP contribution in [-0.2, 0) is 11.3 Å². The summed E-state index contributed by atoms with van der Waals surface area (Å²) in [4.78, 5) is 25.3. The maximum Gasteiger partial charge on any atom is 0.408 e. The van der Waals surface area contributed by atoms with Gasteiger partial charge >= 0.3 is 12.1 Å². The highest BCUT2D eigenvalue weighted by molar-refractivity contribution is 5.80. The second-order valence-corrected chi connectivity index (χ2v) is 8.97. The lowest BCUT2D eigenvalue weighted by molar-refractivity contribution is -0.144. The number of carboxylic acids is 1. The quantitative estimate of drug-likeness (QED) is 0.374. The number of aromatic hydroxyl groups is 1. The normalized spacial score (nSPS) is 14.0. The van der Waals surface area contributed by atoms with Crippen LogP contribution in [0.1, 0.15) is 42.4 Å². The summed E-state index contributed by atoms with van der Waals surface area (Å²) in [5.41, 5.74) is 5.12. The van der Waals surface area contributed by atoms with E-state index in [9.17, 15) is 24.9 Å². The summed E-state index contributed by atoms with van der Waals surface area (Å²) < 4.78 is 5.07. The Labute approximate surface area is 204 Å². The average molecular weight is 476 g/mol. The van der Waals surface area contributed by atoms with Gasteiger partial charge in [-0.25, -0.2) is 9.59 Å². The molecule has 0 aromatic heterocycles. The topological polar surface area (TPSA) is 107 Å². The van der Waals surface area contributed by atoms with Crippen molar-refractivity contribution >= 4 is 12.1 Å². The van der Waals surface area contributed by atoms with Gasteiger partial charge in [-0.05, 0) is 53.1 Å². The minimum absolute atomic E-state index is 0.128. The number of fused-ring (bicyclic) bond motifs is 3. The summed E-state index contributed by atoms with van der Waals surface area (Å²) in [5, 5.41) is 30.2. The molecule has 3 aromatic carbocycles. The van der Waals surface area contributed by atoms with Gasteiger partial charge in [0.15, 0.2) is 0 Å². The van der Waals surface area contributed by atoms with E-state index in [0.29, 0.717) is 24.2 Å². The first-order chi connectivity index (χ1) is 16.8. The van der Waals surface area contributed by atoms with Crippen molar-refractivity contribution in [3.8, 4) is 22.6 Å². The number of phenols is 1. The molecule has 1 aliphatic rings. The number of carbonyl (C=O) groups is 2. The summed E-state index contributed by atoms with van der Waals surface area (Å²) >= 11 is 0. The van der Waals surface area contributed by atoms with Crippen LogP contribution in [0.3, 0.4) is 0 Å². The predicted molar refractivity (Wildman–Crippen MR) is 132 cm³/mol. The van der Waals surface area contributed by atoms with Crippen molar-refractivity contribution in [1.29, 1.82) is 0 Å². The summed E-state index contributed by atoms with van der Waals surface area (Å²) in [6.07, 6.45) is -0.140. The van der Waals surface area contributed by atoms with Gasteiger partial charge in [0.1, 0.15) is 17.5 Å². The van der Waals surface area contributed by atoms with E-state index in [1.165, 1.54) is 35.4 Å². The van der Waals surface area contributed by atoms with E-state index >= 15 is 0 Å². The highest BCUT2D eigenvalue weighted by Gasteiger charge is 2.36. The van der Waals surface area contributed by atoms with Crippen molar-refractivity contribution < 1.29 is 29.6 Å². The molecule has 0 bridgehead atoms. The van der Waals surface area contributed by atoms with E-state index in [-0.39, 0.29) is 18.2 Å². The predicted octanol–water partition coefficient (Wildman–Crippen LogP) is 5.56. The molecular formula is C28H29NO6. The fraction of sp³-hybridized carbons (Fsp3) is 0.286. The van der Waals surface area contributed by atoms with Crippen LogP contribution >= 0.6 is 0 Å². The number of carboxylic acid groups (broad SMARTS) is 2. The Bertz CT molecular complexity index is 1190. The molecular weight excluding hydrogens is 446 g/mol. The summed E-state index contributed by atoms with van der Waals surface area (Å²) in [7, 11) is 1.46. The molecule has 7 heteroatoms. The third-order valence-electron chi connectivity index (χ3n) is 6.88. The van der Waals surface area contributed by atoms with Gasteiger partial charge in [-0.3, -0.25) is 4.90 Å². The summed E-state index contributed by atoms with van der Waals surface area (Å²) in [5.74, 6) is -1.26. The Morgan fingerprint density at radius 2 is 1.57 bits per heavy atom. The summed E-state index contributed by atoms with van der Waals surface area (Å²) in [6, 6.07) is 19.7. The van der Waals surface area contributed by atoms with Crippen molar-refractivity contribution in [2.45, 2.75) is 38.3 Å². The van der Waals surface area contributed by atoms with Crippen LogP contribution in [0.2, 0.25) is 0 Å². The minimum Gasteiger partial charge on any atom is -0.507 e. The Balaban J connectivity index is 1.55. The molecule has 0 spiro atoms. The molecule has 7 nitrogen and oxygen atoms in total. The molecule has 1 aliphatic carbocycles. The number of rotatable bonds is 9. The van der Waals surface area contributed by atoms with Crippen molar-refractivity contribution in [3.05, 3.63) is 83.4 Å². The van der Waals surface area contributed by atoms with Crippen LogP contribution < -0.4 is 4.74 Å². The first-order valence-corrected chi connectivity index (χ1v) is 11.6. The van der Waals surface area contributed by atoms with Gasteiger partial charge in [-0.1, -0.05) is 55.5 Å². The molecule has 0 fully saturated rings. The molecule has 3 aromatic rings. The molecule has 1 amide bonds. The summed E-state index contributed by atoms with van der Waals surface area (Å²) in [6.45, 7) is 1.52. The fourth-order valence-corrected chi connectivity index (χ4v) is 5.11. The van der Waals surface area contributed by atoms with Crippen LogP contribution in [0.15, 0.2) is 66.7 Å². The monoisotopic (exact) mass is 475 g/mol. The molecule has 35 heavy (non-hydrogen) atoms. The Morgan fingerprint density at radius 1 is 0.971 bits per heavy atom.